The molecule has 5 nitrogen and oxygen atoms in total. The van der Waals surface area contributed by atoms with Crippen molar-refractivity contribution in [2.45, 2.75) is 37.2 Å². The number of amides is 1. The molecule has 0 bridgehead atoms. The summed E-state index contributed by atoms with van der Waals surface area (Å²) < 4.78 is 27.2. The number of nitrogens with zero attached hydrogens (tertiary/aromatic N) is 1. The van der Waals surface area contributed by atoms with Crippen molar-refractivity contribution in [3.05, 3.63) is 111 Å². The van der Waals surface area contributed by atoms with Crippen LogP contribution in [0.15, 0.2) is 94.4 Å². The van der Waals surface area contributed by atoms with Gasteiger partial charge in [0.2, 0.25) is 9.84 Å². The topological polar surface area (TPSA) is 74.7 Å². The van der Waals surface area contributed by atoms with Crippen molar-refractivity contribution in [3.63, 3.8) is 0 Å². The third-order valence-corrected chi connectivity index (χ3v) is 7.93. The van der Waals surface area contributed by atoms with E-state index < -0.39 is 27.5 Å². The molecule has 0 saturated carbocycles. The standard InChI is InChI=1S/C26H24ClNO4S/c1-17(2)19-10-12-20(13-11-19)23-25(33(31,32)22-6-4-3-5-7-22)24(29)26(30)28(23)16-18-8-14-21(27)15-9-18/h3-15,17,23,29H,16H2,1-2H3/t23-/m1/s1. The van der Waals surface area contributed by atoms with Crippen LogP contribution in [0.25, 0.3) is 0 Å². The Morgan fingerprint density at radius 2 is 1.55 bits per heavy atom. The quantitative estimate of drug-likeness (QED) is 0.483. The Morgan fingerprint density at radius 1 is 0.939 bits per heavy atom. The van der Waals surface area contributed by atoms with Gasteiger partial charge < -0.3 is 10.0 Å². The molecule has 33 heavy (non-hydrogen) atoms. The van der Waals surface area contributed by atoms with E-state index in [0.717, 1.165) is 11.1 Å². The molecule has 0 unspecified atom stereocenters. The number of hydrogen-bond donors (Lipinski definition) is 1. The molecule has 0 aliphatic carbocycles. The molecule has 3 aromatic rings. The number of halogens is 1. The largest absolute Gasteiger partial charge is 0.502 e. The SMILES string of the molecule is CC(C)c1ccc([C@@H]2C(S(=O)(=O)c3ccccc3)=C(O)C(=O)N2Cc2ccc(Cl)cc2)cc1. The van der Waals surface area contributed by atoms with E-state index in [0.29, 0.717) is 16.5 Å². The second-order valence-corrected chi connectivity index (χ2v) is 10.7. The fourth-order valence-electron chi connectivity index (χ4n) is 3.97. The predicted octanol–water partition coefficient (Wildman–Crippen LogP) is 5.79. The molecule has 1 amide bonds. The Hall–Kier alpha value is -3.09. The molecule has 0 radical (unpaired) electrons. The minimum absolute atomic E-state index is 0.0245. The summed E-state index contributed by atoms with van der Waals surface area (Å²) in [6.45, 7) is 4.25. The first-order valence-electron chi connectivity index (χ1n) is 10.6. The van der Waals surface area contributed by atoms with Crippen LogP contribution in [0.5, 0.6) is 0 Å². The Labute approximate surface area is 198 Å². The third-order valence-electron chi connectivity index (χ3n) is 5.78. The van der Waals surface area contributed by atoms with Crippen LogP contribution in [-0.4, -0.2) is 24.3 Å². The van der Waals surface area contributed by atoms with E-state index in [1.54, 1.807) is 42.5 Å². The maximum atomic E-state index is 13.6. The van der Waals surface area contributed by atoms with Crippen molar-refractivity contribution in [2.75, 3.05) is 0 Å². The summed E-state index contributed by atoms with van der Waals surface area (Å²) in [4.78, 5) is 14.3. The molecule has 0 spiro atoms. The van der Waals surface area contributed by atoms with E-state index in [-0.39, 0.29) is 16.3 Å². The van der Waals surface area contributed by atoms with Gasteiger partial charge in [-0.15, -0.1) is 0 Å². The first-order valence-corrected chi connectivity index (χ1v) is 12.4. The van der Waals surface area contributed by atoms with Crippen LogP contribution in [0.4, 0.5) is 0 Å². The van der Waals surface area contributed by atoms with Gasteiger partial charge in [0.15, 0.2) is 5.76 Å². The number of sulfone groups is 1. The number of benzene rings is 3. The molecule has 170 valence electrons. The summed E-state index contributed by atoms with van der Waals surface area (Å²) in [7, 11) is -4.13. The minimum atomic E-state index is -4.13. The number of rotatable bonds is 6. The molecule has 1 N–H and O–H groups in total. The lowest BCUT2D eigenvalue weighted by Gasteiger charge is -2.27. The van der Waals surface area contributed by atoms with Crippen LogP contribution < -0.4 is 0 Å². The fourth-order valence-corrected chi connectivity index (χ4v) is 5.77. The van der Waals surface area contributed by atoms with Crippen LogP contribution in [-0.2, 0) is 21.2 Å². The third kappa shape index (κ3) is 4.41. The Balaban J connectivity index is 1.84. The van der Waals surface area contributed by atoms with Crippen LogP contribution in [0, 0.1) is 0 Å². The van der Waals surface area contributed by atoms with E-state index in [1.807, 2.05) is 24.3 Å². The molecule has 7 heteroatoms. The highest BCUT2D eigenvalue weighted by molar-refractivity contribution is 7.95. The second-order valence-electron chi connectivity index (χ2n) is 8.31. The summed E-state index contributed by atoms with van der Waals surface area (Å²) in [6, 6.07) is 21.3. The molecule has 3 aromatic carbocycles. The van der Waals surface area contributed by atoms with Crippen molar-refractivity contribution in [2.24, 2.45) is 0 Å². The summed E-state index contributed by atoms with van der Waals surface area (Å²) in [5.74, 6) is -1.17. The summed E-state index contributed by atoms with van der Waals surface area (Å²) in [5.41, 5.74) is 2.47. The number of aliphatic hydroxyl groups excluding tert-OH is 1. The average Bonchev–Trinajstić information content (AvgIpc) is 3.06. The van der Waals surface area contributed by atoms with Crippen LogP contribution in [0.2, 0.25) is 5.02 Å². The van der Waals surface area contributed by atoms with Crippen LogP contribution in [0.1, 0.15) is 42.5 Å². The van der Waals surface area contributed by atoms with Crippen LogP contribution in [0.3, 0.4) is 0 Å². The molecule has 0 saturated heterocycles. The molecule has 1 atom stereocenters. The van der Waals surface area contributed by atoms with E-state index in [1.165, 1.54) is 17.0 Å². The Bertz CT molecular complexity index is 1300. The van der Waals surface area contributed by atoms with Gasteiger partial charge in [-0.3, -0.25) is 4.79 Å². The average molecular weight is 482 g/mol. The smallest absolute Gasteiger partial charge is 0.290 e. The molecular formula is C26H24ClNO4S. The van der Waals surface area contributed by atoms with E-state index in [2.05, 4.69) is 13.8 Å². The minimum Gasteiger partial charge on any atom is -0.502 e. The molecule has 0 fully saturated rings. The second kappa shape index (κ2) is 9.04. The lowest BCUT2D eigenvalue weighted by molar-refractivity contribution is -0.130. The van der Waals surface area contributed by atoms with Crippen molar-refractivity contribution in [1.29, 1.82) is 0 Å². The number of carbonyl (C=O) groups is 1. The fraction of sp³-hybridized carbons (Fsp3) is 0.192. The zero-order valence-corrected chi connectivity index (χ0v) is 19.8. The number of hydrogen-bond acceptors (Lipinski definition) is 4. The lowest BCUT2D eigenvalue weighted by atomic mass is 9.98. The molecule has 1 aliphatic heterocycles. The number of aliphatic hydroxyl groups is 1. The van der Waals surface area contributed by atoms with Gasteiger partial charge in [-0.1, -0.05) is 80.0 Å². The molecule has 4 rings (SSSR count). The van der Waals surface area contributed by atoms with Crippen molar-refractivity contribution in [3.8, 4) is 0 Å². The number of carbonyl (C=O) groups excluding carboxylic acids is 1. The van der Waals surface area contributed by atoms with E-state index >= 15 is 0 Å². The molecule has 1 aliphatic rings. The van der Waals surface area contributed by atoms with E-state index in [4.69, 9.17) is 11.6 Å². The van der Waals surface area contributed by atoms with Gasteiger partial charge >= 0.3 is 0 Å². The molecule has 1 heterocycles. The maximum Gasteiger partial charge on any atom is 0.290 e. The monoisotopic (exact) mass is 481 g/mol. The van der Waals surface area contributed by atoms with Gasteiger partial charge in [0.05, 0.1) is 10.9 Å². The highest BCUT2D eigenvalue weighted by atomic mass is 35.5. The first kappa shape index (κ1) is 23.1. The highest BCUT2D eigenvalue weighted by Gasteiger charge is 2.46. The Morgan fingerprint density at radius 3 is 2.12 bits per heavy atom. The van der Waals surface area contributed by atoms with Gasteiger partial charge in [-0.25, -0.2) is 8.42 Å². The van der Waals surface area contributed by atoms with Gasteiger partial charge in [0, 0.05) is 11.6 Å². The zero-order valence-electron chi connectivity index (χ0n) is 18.3. The van der Waals surface area contributed by atoms with Gasteiger partial charge in [0.25, 0.3) is 5.91 Å². The van der Waals surface area contributed by atoms with Crippen LogP contribution >= 0.6 is 11.6 Å². The first-order chi connectivity index (χ1) is 15.7. The Kier molecular flexibility index (Phi) is 6.32. The zero-order chi connectivity index (χ0) is 23.8. The van der Waals surface area contributed by atoms with Crippen molar-refractivity contribution in [1.82, 2.24) is 4.90 Å². The summed E-state index contributed by atoms with van der Waals surface area (Å²) >= 11 is 5.99. The molecular weight excluding hydrogens is 458 g/mol. The summed E-state index contributed by atoms with van der Waals surface area (Å²) in [5, 5.41) is 11.4. The summed E-state index contributed by atoms with van der Waals surface area (Å²) in [6.07, 6.45) is 0. The maximum absolute atomic E-state index is 13.6. The normalized spacial score (nSPS) is 16.7. The van der Waals surface area contributed by atoms with Crippen molar-refractivity contribution < 1.29 is 18.3 Å². The lowest BCUT2D eigenvalue weighted by Crippen LogP contribution is -2.30. The van der Waals surface area contributed by atoms with Gasteiger partial charge in [-0.05, 0) is 46.9 Å². The van der Waals surface area contributed by atoms with E-state index in [9.17, 15) is 18.3 Å². The van der Waals surface area contributed by atoms with Gasteiger partial charge in [-0.2, -0.15) is 0 Å². The predicted molar refractivity (Wildman–Crippen MR) is 129 cm³/mol. The molecule has 0 aromatic heterocycles. The van der Waals surface area contributed by atoms with Gasteiger partial charge in [0.1, 0.15) is 4.91 Å². The van der Waals surface area contributed by atoms with Crippen molar-refractivity contribution >= 4 is 27.3 Å². The highest BCUT2D eigenvalue weighted by Crippen LogP contribution is 2.43.